The Morgan fingerprint density at radius 2 is 2.10 bits per heavy atom. The number of nitrogens with two attached hydrogens (primary N) is 1. The second kappa shape index (κ2) is 6.20. The standard InChI is InChI=1S/C15H20FN5/c16-14-8-7-12(17)10-13(14)15-18-19-20-21(15)9-3-6-11-4-1-2-5-11/h7-8,10-11H,1-6,9,17H2. The maximum Gasteiger partial charge on any atom is 0.185 e. The predicted octanol–water partition coefficient (Wildman–Crippen LogP) is 3.03. The summed E-state index contributed by atoms with van der Waals surface area (Å²) in [7, 11) is 0. The number of hydrogen-bond donors (Lipinski definition) is 1. The number of nitrogens with zero attached hydrogens (tertiary/aromatic N) is 4. The summed E-state index contributed by atoms with van der Waals surface area (Å²) >= 11 is 0. The lowest BCUT2D eigenvalue weighted by Crippen LogP contribution is -2.06. The van der Waals surface area contributed by atoms with Crippen molar-refractivity contribution >= 4 is 5.69 Å². The molecule has 0 radical (unpaired) electrons. The molecule has 1 fully saturated rings. The fourth-order valence-electron chi connectivity index (χ4n) is 3.09. The lowest BCUT2D eigenvalue weighted by Gasteiger charge is -2.09. The molecule has 2 N–H and O–H groups in total. The molecule has 1 aromatic heterocycles. The van der Waals surface area contributed by atoms with Crippen LogP contribution < -0.4 is 5.73 Å². The first-order chi connectivity index (χ1) is 10.2. The van der Waals surface area contributed by atoms with Crippen LogP contribution in [0.4, 0.5) is 10.1 Å². The van der Waals surface area contributed by atoms with Crippen LogP contribution in [0.5, 0.6) is 0 Å². The van der Waals surface area contributed by atoms with E-state index in [0.29, 0.717) is 23.6 Å². The van der Waals surface area contributed by atoms with Crippen molar-refractivity contribution in [2.24, 2.45) is 5.92 Å². The molecule has 1 aromatic carbocycles. The van der Waals surface area contributed by atoms with Crippen molar-refractivity contribution in [3.8, 4) is 11.4 Å². The van der Waals surface area contributed by atoms with Crippen LogP contribution in [-0.4, -0.2) is 20.2 Å². The zero-order valence-corrected chi connectivity index (χ0v) is 12.0. The lowest BCUT2D eigenvalue weighted by molar-refractivity contribution is 0.443. The van der Waals surface area contributed by atoms with Gasteiger partial charge in [0, 0.05) is 12.2 Å². The molecule has 1 saturated carbocycles. The first-order valence-corrected chi connectivity index (χ1v) is 7.55. The average Bonchev–Trinajstić information content (AvgIpc) is 3.13. The number of halogens is 1. The minimum absolute atomic E-state index is 0.351. The molecular weight excluding hydrogens is 269 g/mol. The van der Waals surface area contributed by atoms with Gasteiger partial charge in [-0.3, -0.25) is 0 Å². The summed E-state index contributed by atoms with van der Waals surface area (Å²) in [5, 5.41) is 11.6. The van der Waals surface area contributed by atoms with Gasteiger partial charge in [-0.1, -0.05) is 25.7 Å². The molecule has 1 heterocycles. The highest BCUT2D eigenvalue weighted by molar-refractivity contribution is 5.61. The first kappa shape index (κ1) is 14.0. The third-order valence-corrected chi connectivity index (χ3v) is 4.22. The average molecular weight is 289 g/mol. The Hall–Kier alpha value is -1.98. The van der Waals surface area contributed by atoms with Gasteiger partial charge in [0.1, 0.15) is 5.82 Å². The number of tetrazole rings is 1. The van der Waals surface area contributed by atoms with E-state index in [1.54, 1.807) is 10.7 Å². The maximum atomic E-state index is 13.9. The van der Waals surface area contributed by atoms with Gasteiger partial charge in [0.15, 0.2) is 5.82 Å². The Bertz CT molecular complexity index is 604. The summed E-state index contributed by atoms with van der Waals surface area (Å²) in [4.78, 5) is 0. The van der Waals surface area contributed by atoms with E-state index in [0.717, 1.165) is 12.3 Å². The zero-order valence-electron chi connectivity index (χ0n) is 12.0. The molecule has 0 unspecified atom stereocenters. The van der Waals surface area contributed by atoms with Gasteiger partial charge in [0.05, 0.1) is 5.56 Å². The number of aromatic nitrogens is 4. The van der Waals surface area contributed by atoms with Gasteiger partial charge in [-0.2, -0.15) is 0 Å². The minimum atomic E-state index is -0.351. The molecule has 0 saturated heterocycles. The van der Waals surface area contributed by atoms with Crippen molar-refractivity contribution in [2.75, 3.05) is 5.73 Å². The Morgan fingerprint density at radius 3 is 2.90 bits per heavy atom. The highest BCUT2D eigenvalue weighted by atomic mass is 19.1. The Morgan fingerprint density at radius 1 is 1.29 bits per heavy atom. The summed E-state index contributed by atoms with van der Waals surface area (Å²) in [6.45, 7) is 0.715. The van der Waals surface area contributed by atoms with Gasteiger partial charge in [0.2, 0.25) is 0 Å². The van der Waals surface area contributed by atoms with Crippen LogP contribution in [-0.2, 0) is 6.54 Å². The molecule has 0 atom stereocenters. The van der Waals surface area contributed by atoms with Gasteiger partial charge < -0.3 is 5.73 Å². The van der Waals surface area contributed by atoms with E-state index in [2.05, 4.69) is 15.5 Å². The largest absolute Gasteiger partial charge is 0.399 e. The highest BCUT2D eigenvalue weighted by Gasteiger charge is 2.16. The number of anilines is 1. The van der Waals surface area contributed by atoms with E-state index in [1.807, 2.05) is 0 Å². The van der Waals surface area contributed by atoms with Crippen molar-refractivity contribution in [3.63, 3.8) is 0 Å². The summed E-state index contributed by atoms with van der Waals surface area (Å²) in [6.07, 6.45) is 7.61. The van der Waals surface area contributed by atoms with E-state index < -0.39 is 0 Å². The number of rotatable bonds is 5. The Balaban J connectivity index is 1.69. The number of benzene rings is 1. The van der Waals surface area contributed by atoms with E-state index in [-0.39, 0.29) is 5.82 Å². The van der Waals surface area contributed by atoms with Crippen LogP contribution in [0, 0.1) is 11.7 Å². The number of nitrogen functional groups attached to an aromatic ring is 1. The van der Waals surface area contributed by atoms with Crippen LogP contribution >= 0.6 is 0 Å². The third-order valence-electron chi connectivity index (χ3n) is 4.22. The van der Waals surface area contributed by atoms with Crippen LogP contribution in [0.1, 0.15) is 38.5 Å². The molecule has 5 nitrogen and oxygen atoms in total. The van der Waals surface area contributed by atoms with Crippen LogP contribution in [0.3, 0.4) is 0 Å². The van der Waals surface area contributed by atoms with Gasteiger partial charge >= 0.3 is 0 Å². The Kier molecular flexibility index (Phi) is 4.13. The maximum absolute atomic E-state index is 13.9. The minimum Gasteiger partial charge on any atom is -0.399 e. The fourth-order valence-corrected chi connectivity index (χ4v) is 3.09. The molecule has 0 aliphatic heterocycles. The smallest absolute Gasteiger partial charge is 0.185 e. The molecule has 2 aromatic rings. The van der Waals surface area contributed by atoms with Gasteiger partial charge in [-0.25, -0.2) is 9.07 Å². The van der Waals surface area contributed by atoms with Crippen molar-refractivity contribution in [2.45, 2.75) is 45.1 Å². The van der Waals surface area contributed by atoms with Gasteiger partial charge in [-0.05, 0) is 47.4 Å². The molecule has 1 aliphatic rings. The molecule has 112 valence electrons. The summed E-state index contributed by atoms with van der Waals surface area (Å²) < 4.78 is 15.6. The quantitative estimate of drug-likeness (QED) is 0.859. The van der Waals surface area contributed by atoms with Crippen molar-refractivity contribution < 1.29 is 4.39 Å². The van der Waals surface area contributed by atoms with E-state index in [4.69, 9.17) is 5.73 Å². The normalized spacial score (nSPS) is 15.7. The summed E-state index contributed by atoms with van der Waals surface area (Å²) in [5.41, 5.74) is 6.59. The van der Waals surface area contributed by atoms with Crippen molar-refractivity contribution in [1.82, 2.24) is 20.2 Å². The second-order valence-electron chi connectivity index (χ2n) is 5.76. The number of aryl methyl sites for hydroxylation is 1. The van der Waals surface area contributed by atoms with Crippen molar-refractivity contribution in [3.05, 3.63) is 24.0 Å². The highest BCUT2D eigenvalue weighted by Crippen LogP contribution is 2.29. The van der Waals surface area contributed by atoms with E-state index >= 15 is 0 Å². The number of hydrogen-bond acceptors (Lipinski definition) is 4. The molecule has 6 heteroatoms. The van der Waals surface area contributed by atoms with Crippen molar-refractivity contribution in [1.29, 1.82) is 0 Å². The lowest BCUT2D eigenvalue weighted by atomic mass is 10.0. The molecule has 0 bridgehead atoms. The third kappa shape index (κ3) is 3.20. The summed E-state index contributed by atoms with van der Waals surface area (Å²) in [5.74, 6) is 0.941. The van der Waals surface area contributed by atoms with Crippen LogP contribution in [0.2, 0.25) is 0 Å². The molecular formula is C15H20FN5. The SMILES string of the molecule is Nc1ccc(F)c(-c2nnnn2CCCC2CCCC2)c1. The molecule has 3 rings (SSSR count). The van der Waals surface area contributed by atoms with Crippen LogP contribution in [0.15, 0.2) is 18.2 Å². The molecule has 1 aliphatic carbocycles. The van der Waals surface area contributed by atoms with Crippen LogP contribution in [0.25, 0.3) is 11.4 Å². The van der Waals surface area contributed by atoms with E-state index in [1.165, 1.54) is 44.2 Å². The molecule has 21 heavy (non-hydrogen) atoms. The van der Waals surface area contributed by atoms with Gasteiger partial charge in [-0.15, -0.1) is 5.10 Å². The first-order valence-electron chi connectivity index (χ1n) is 7.55. The Labute approximate surface area is 123 Å². The zero-order chi connectivity index (χ0) is 14.7. The summed E-state index contributed by atoms with van der Waals surface area (Å²) in [6, 6.07) is 4.46. The second-order valence-corrected chi connectivity index (χ2v) is 5.76. The van der Waals surface area contributed by atoms with Gasteiger partial charge in [0.25, 0.3) is 0 Å². The topological polar surface area (TPSA) is 69.6 Å². The monoisotopic (exact) mass is 289 g/mol. The molecule has 0 amide bonds. The molecule has 0 spiro atoms. The predicted molar refractivity (Wildman–Crippen MR) is 78.8 cm³/mol. The fraction of sp³-hybridized carbons (Fsp3) is 0.533. The van der Waals surface area contributed by atoms with E-state index in [9.17, 15) is 4.39 Å².